The number of benzene rings is 2. The Hall–Kier alpha value is -2.28. The number of rotatable bonds is 5. The number of hydrogen-bond acceptors (Lipinski definition) is 5. The minimum absolute atomic E-state index is 0.00911. The van der Waals surface area contributed by atoms with Gasteiger partial charge in [0.15, 0.2) is 11.5 Å². The Balaban J connectivity index is 1.53. The van der Waals surface area contributed by atoms with E-state index in [9.17, 15) is 4.79 Å². The maximum atomic E-state index is 12.6. The number of nitrogens with zero attached hydrogens (tertiary/aromatic N) is 1. The number of nitrogens with one attached hydrogen (secondary N) is 1. The smallest absolute Gasteiger partial charge is 0.252 e. The average molecular weight is 389 g/mol. The van der Waals surface area contributed by atoms with Crippen LogP contribution < -0.4 is 14.8 Å². The molecule has 1 saturated heterocycles. The average Bonchev–Trinajstić information content (AvgIpc) is 3.17. The zero-order chi connectivity index (χ0) is 18.6. The van der Waals surface area contributed by atoms with Gasteiger partial charge in [-0.3, -0.25) is 9.69 Å². The number of carbonyl (C=O) groups excluding carboxylic acids is 1. The molecule has 0 bridgehead atoms. The highest BCUT2D eigenvalue weighted by Gasteiger charge is 2.25. The van der Waals surface area contributed by atoms with Crippen LogP contribution in [0.15, 0.2) is 42.5 Å². The van der Waals surface area contributed by atoms with Crippen LogP contribution in [0, 0.1) is 0 Å². The van der Waals surface area contributed by atoms with E-state index >= 15 is 0 Å². The molecule has 0 aromatic heterocycles. The van der Waals surface area contributed by atoms with E-state index in [4.69, 9.17) is 25.8 Å². The number of ether oxygens (including phenoxy) is 3. The van der Waals surface area contributed by atoms with E-state index < -0.39 is 0 Å². The maximum Gasteiger partial charge on any atom is 0.252 e. The molecule has 142 valence electrons. The Morgan fingerprint density at radius 3 is 2.70 bits per heavy atom. The lowest BCUT2D eigenvalue weighted by Crippen LogP contribution is -2.43. The predicted molar refractivity (Wildman–Crippen MR) is 101 cm³/mol. The summed E-state index contributed by atoms with van der Waals surface area (Å²) in [5.41, 5.74) is 1.55. The van der Waals surface area contributed by atoms with Crippen LogP contribution in [0.25, 0.3) is 0 Å². The molecule has 7 heteroatoms. The molecule has 2 aliphatic rings. The van der Waals surface area contributed by atoms with Crippen molar-refractivity contribution in [1.29, 1.82) is 0 Å². The van der Waals surface area contributed by atoms with Crippen molar-refractivity contribution in [3.63, 3.8) is 0 Å². The van der Waals surface area contributed by atoms with Gasteiger partial charge in [-0.15, -0.1) is 0 Å². The van der Waals surface area contributed by atoms with Gasteiger partial charge < -0.3 is 19.5 Å². The third-order valence-electron chi connectivity index (χ3n) is 4.84. The van der Waals surface area contributed by atoms with Crippen LogP contribution in [-0.2, 0) is 4.74 Å². The molecule has 4 rings (SSSR count). The van der Waals surface area contributed by atoms with E-state index in [1.165, 1.54) is 0 Å². The van der Waals surface area contributed by atoms with E-state index in [0.717, 1.165) is 30.2 Å². The van der Waals surface area contributed by atoms with Crippen molar-refractivity contribution < 1.29 is 19.0 Å². The van der Waals surface area contributed by atoms with E-state index in [-0.39, 0.29) is 18.7 Å². The van der Waals surface area contributed by atoms with Crippen molar-refractivity contribution in [2.75, 3.05) is 39.6 Å². The summed E-state index contributed by atoms with van der Waals surface area (Å²) in [5, 5.41) is 3.47. The molecule has 2 aromatic carbocycles. The van der Waals surface area contributed by atoms with Crippen LogP contribution in [0.3, 0.4) is 0 Å². The highest BCUT2D eigenvalue weighted by atomic mass is 35.5. The Morgan fingerprint density at radius 1 is 1.11 bits per heavy atom. The van der Waals surface area contributed by atoms with Crippen molar-refractivity contribution in [3.05, 3.63) is 58.6 Å². The Labute approximate surface area is 163 Å². The van der Waals surface area contributed by atoms with Gasteiger partial charge in [-0.05, 0) is 29.8 Å². The molecule has 2 heterocycles. The molecule has 0 aliphatic carbocycles. The van der Waals surface area contributed by atoms with Crippen molar-refractivity contribution in [1.82, 2.24) is 10.2 Å². The van der Waals surface area contributed by atoms with Crippen molar-refractivity contribution in [2.45, 2.75) is 6.04 Å². The molecule has 2 aromatic rings. The topological polar surface area (TPSA) is 60.0 Å². The van der Waals surface area contributed by atoms with E-state index in [1.54, 1.807) is 18.2 Å². The Bertz CT molecular complexity index is 823. The van der Waals surface area contributed by atoms with Crippen LogP contribution in [0.5, 0.6) is 11.5 Å². The molecule has 27 heavy (non-hydrogen) atoms. The van der Waals surface area contributed by atoms with Crippen molar-refractivity contribution in [3.8, 4) is 11.5 Å². The zero-order valence-electron chi connectivity index (χ0n) is 14.8. The van der Waals surface area contributed by atoms with Crippen LogP contribution in [0.2, 0.25) is 5.02 Å². The summed E-state index contributed by atoms with van der Waals surface area (Å²) >= 11 is 6.15. The van der Waals surface area contributed by atoms with Crippen molar-refractivity contribution >= 4 is 17.5 Å². The number of carbonyl (C=O) groups is 1. The summed E-state index contributed by atoms with van der Waals surface area (Å²) in [4.78, 5) is 14.9. The molecule has 1 amide bonds. The first-order valence-corrected chi connectivity index (χ1v) is 9.34. The normalized spacial score (nSPS) is 17.5. The third-order valence-corrected chi connectivity index (χ3v) is 5.17. The van der Waals surface area contributed by atoms with Gasteiger partial charge in [0, 0.05) is 19.6 Å². The highest BCUT2D eigenvalue weighted by Crippen LogP contribution is 2.35. The van der Waals surface area contributed by atoms with Gasteiger partial charge in [0.25, 0.3) is 5.91 Å². The molecule has 0 spiro atoms. The first-order chi connectivity index (χ1) is 13.2. The first kappa shape index (κ1) is 18.1. The summed E-state index contributed by atoms with van der Waals surface area (Å²) in [6.45, 7) is 3.68. The van der Waals surface area contributed by atoms with E-state index in [2.05, 4.69) is 10.2 Å². The summed E-state index contributed by atoms with van der Waals surface area (Å²) in [6, 6.07) is 13.0. The SMILES string of the molecule is O=C(NC[C@@H](c1ccc2c(c1)OCO2)N1CCOCC1)c1ccccc1Cl. The lowest BCUT2D eigenvalue weighted by atomic mass is 10.0. The fourth-order valence-corrected chi connectivity index (χ4v) is 3.62. The second-order valence-electron chi connectivity index (χ2n) is 6.47. The zero-order valence-corrected chi connectivity index (χ0v) is 15.6. The van der Waals surface area contributed by atoms with E-state index in [1.807, 2.05) is 24.3 Å². The van der Waals surface area contributed by atoms with Crippen LogP contribution in [0.4, 0.5) is 0 Å². The number of morpholine rings is 1. The summed E-state index contributed by atoms with van der Waals surface area (Å²) in [6.07, 6.45) is 0. The first-order valence-electron chi connectivity index (χ1n) is 8.96. The van der Waals surface area contributed by atoms with Crippen LogP contribution >= 0.6 is 11.6 Å². The van der Waals surface area contributed by atoms with Gasteiger partial charge in [-0.2, -0.15) is 0 Å². The molecule has 0 radical (unpaired) electrons. The van der Waals surface area contributed by atoms with Crippen molar-refractivity contribution in [2.24, 2.45) is 0 Å². The largest absolute Gasteiger partial charge is 0.454 e. The van der Waals surface area contributed by atoms with E-state index in [0.29, 0.717) is 30.3 Å². The monoisotopic (exact) mass is 388 g/mol. The number of hydrogen-bond donors (Lipinski definition) is 1. The van der Waals surface area contributed by atoms with Gasteiger partial charge >= 0.3 is 0 Å². The van der Waals surface area contributed by atoms with Gasteiger partial charge in [-0.25, -0.2) is 0 Å². The molecule has 2 aliphatic heterocycles. The molecule has 0 unspecified atom stereocenters. The van der Waals surface area contributed by atoms with Gasteiger partial charge in [0.2, 0.25) is 6.79 Å². The second-order valence-corrected chi connectivity index (χ2v) is 6.87. The molecular weight excluding hydrogens is 368 g/mol. The summed E-state index contributed by atoms with van der Waals surface area (Å²) in [5.74, 6) is 1.31. The standard InChI is InChI=1S/C20H21ClN2O4/c21-16-4-2-1-3-15(16)20(24)22-12-17(23-7-9-25-10-8-23)14-5-6-18-19(11-14)27-13-26-18/h1-6,11,17H,7-10,12-13H2,(H,22,24)/t17-/m0/s1. The predicted octanol–water partition coefficient (Wildman–Crippen LogP) is 2.87. The number of halogens is 1. The Kier molecular flexibility index (Phi) is 5.48. The van der Waals surface area contributed by atoms with Gasteiger partial charge in [0.1, 0.15) is 0 Å². The maximum absolute atomic E-state index is 12.6. The molecule has 1 atom stereocenters. The van der Waals surface area contributed by atoms with Crippen LogP contribution in [0.1, 0.15) is 22.0 Å². The lowest BCUT2D eigenvalue weighted by Gasteiger charge is -2.35. The molecule has 1 fully saturated rings. The Morgan fingerprint density at radius 2 is 1.89 bits per heavy atom. The number of amides is 1. The minimum Gasteiger partial charge on any atom is -0.454 e. The summed E-state index contributed by atoms with van der Waals surface area (Å²) < 4.78 is 16.4. The van der Waals surface area contributed by atoms with Crippen LogP contribution in [-0.4, -0.2) is 50.4 Å². The quantitative estimate of drug-likeness (QED) is 0.853. The van der Waals surface area contributed by atoms with Gasteiger partial charge in [0.05, 0.1) is 29.8 Å². The molecule has 0 saturated carbocycles. The number of fused-ring (bicyclic) bond motifs is 1. The lowest BCUT2D eigenvalue weighted by molar-refractivity contribution is 0.0162. The molecule has 6 nitrogen and oxygen atoms in total. The fraction of sp³-hybridized carbons (Fsp3) is 0.350. The fourth-order valence-electron chi connectivity index (χ4n) is 3.40. The van der Waals surface area contributed by atoms with Gasteiger partial charge in [-0.1, -0.05) is 29.8 Å². The molecule has 1 N–H and O–H groups in total. The second kappa shape index (κ2) is 8.17. The molecular formula is C20H21ClN2O4. The highest BCUT2D eigenvalue weighted by molar-refractivity contribution is 6.33. The summed E-state index contributed by atoms with van der Waals surface area (Å²) in [7, 11) is 0. The third kappa shape index (κ3) is 4.03. The minimum atomic E-state index is -0.181.